The van der Waals surface area contributed by atoms with Gasteiger partial charge < -0.3 is 25.7 Å². The average molecular weight is 465 g/mol. The van der Waals surface area contributed by atoms with E-state index >= 15 is 0 Å². The second-order valence-electron chi connectivity index (χ2n) is 9.37. The topological polar surface area (TPSA) is 95.2 Å². The molecule has 0 aliphatic carbocycles. The fourth-order valence-electron chi connectivity index (χ4n) is 3.58. The SMILES string of the molecule is CC(C)COc1ccc(NCCNC(=O)[C@H](CC(C)C)NC(=O)c2cc3ccccc3[nH]2)cc1. The minimum atomic E-state index is -0.601. The number of benzene rings is 2. The van der Waals surface area contributed by atoms with E-state index < -0.39 is 6.04 Å². The normalized spacial score (nSPS) is 12.1. The minimum Gasteiger partial charge on any atom is -0.493 e. The van der Waals surface area contributed by atoms with Crippen molar-refractivity contribution < 1.29 is 14.3 Å². The Labute approximate surface area is 201 Å². The molecule has 0 aliphatic rings. The number of hydrogen-bond donors (Lipinski definition) is 4. The van der Waals surface area contributed by atoms with E-state index in [1.165, 1.54) is 0 Å². The monoisotopic (exact) mass is 464 g/mol. The van der Waals surface area contributed by atoms with E-state index in [4.69, 9.17) is 4.74 Å². The van der Waals surface area contributed by atoms with Gasteiger partial charge >= 0.3 is 0 Å². The molecule has 182 valence electrons. The predicted octanol–water partition coefficient (Wildman–Crippen LogP) is 4.58. The summed E-state index contributed by atoms with van der Waals surface area (Å²) in [5, 5.41) is 10.1. The van der Waals surface area contributed by atoms with Gasteiger partial charge in [0, 0.05) is 29.7 Å². The van der Waals surface area contributed by atoms with E-state index in [0.717, 1.165) is 22.3 Å². The van der Waals surface area contributed by atoms with Crippen LogP contribution in [-0.2, 0) is 4.79 Å². The Hall–Kier alpha value is -3.48. The third kappa shape index (κ3) is 7.54. The number of para-hydroxylation sites is 1. The second kappa shape index (κ2) is 12.1. The zero-order valence-electron chi connectivity index (χ0n) is 20.5. The standard InChI is InChI=1S/C27H36N4O3/c1-18(2)15-24(31-27(33)25-16-20-7-5-6-8-23(20)30-25)26(32)29-14-13-28-21-9-11-22(12-10-21)34-17-19(3)4/h5-12,16,18-19,24,28,30H,13-15,17H2,1-4H3,(H,29,32)(H,31,33)/t24-/m0/s1. The summed E-state index contributed by atoms with van der Waals surface area (Å²) < 4.78 is 5.70. The number of H-pyrrole nitrogens is 1. The van der Waals surface area contributed by atoms with Gasteiger partial charge in [-0.2, -0.15) is 0 Å². The summed E-state index contributed by atoms with van der Waals surface area (Å²) in [5.41, 5.74) is 2.30. The molecule has 3 aromatic rings. The van der Waals surface area contributed by atoms with Crippen molar-refractivity contribution in [3.8, 4) is 5.75 Å². The van der Waals surface area contributed by atoms with Crippen molar-refractivity contribution in [2.45, 2.75) is 40.2 Å². The fourth-order valence-corrected chi connectivity index (χ4v) is 3.58. The first kappa shape index (κ1) is 25.1. The summed E-state index contributed by atoms with van der Waals surface area (Å²) in [4.78, 5) is 28.7. The van der Waals surface area contributed by atoms with Crippen LogP contribution in [0.1, 0.15) is 44.6 Å². The van der Waals surface area contributed by atoms with Gasteiger partial charge in [0.2, 0.25) is 5.91 Å². The van der Waals surface area contributed by atoms with Crippen LogP contribution >= 0.6 is 0 Å². The van der Waals surface area contributed by atoms with Crippen molar-refractivity contribution in [1.29, 1.82) is 0 Å². The van der Waals surface area contributed by atoms with E-state index in [9.17, 15) is 9.59 Å². The molecule has 1 heterocycles. The summed E-state index contributed by atoms with van der Waals surface area (Å²) in [6.45, 7) is 10.0. The Morgan fingerprint density at radius 2 is 1.68 bits per heavy atom. The number of fused-ring (bicyclic) bond motifs is 1. The molecule has 0 spiro atoms. The third-order valence-corrected chi connectivity index (χ3v) is 5.29. The van der Waals surface area contributed by atoms with Crippen molar-refractivity contribution in [3.05, 3.63) is 60.3 Å². The highest BCUT2D eigenvalue weighted by Gasteiger charge is 2.23. The number of aromatic amines is 1. The quantitative estimate of drug-likeness (QED) is 0.295. The molecular weight excluding hydrogens is 428 g/mol. The minimum absolute atomic E-state index is 0.183. The molecule has 0 fully saturated rings. The van der Waals surface area contributed by atoms with Crippen LogP contribution in [-0.4, -0.2) is 42.5 Å². The van der Waals surface area contributed by atoms with Crippen molar-refractivity contribution in [2.24, 2.45) is 11.8 Å². The predicted molar refractivity (Wildman–Crippen MR) is 137 cm³/mol. The van der Waals surface area contributed by atoms with Crippen LogP contribution < -0.4 is 20.7 Å². The maximum absolute atomic E-state index is 12.8. The molecule has 0 aliphatic heterocycles. The first-order valence-electron chi connectivity index (χ1n) is 11.9. The van der Waals surface area contributed by atoms with Crippen LogP contribution in [0.2, 0.25) is 0 Å². The van der Waals surface area contributed by atoms with E-state index in [1.54, 1.807) is 6.07 Å². The summed E-state index contributed by atoms with van der Waals surface area (Å²) in [7, 11) is 0. The zero-order valence-corrected chi connectivity index (χ0v) is 20.5. The molecule has 1 aromatic heterocycles. The highest BCUT2D eigenvalue weighted by Crippen LogP contribution is 2.17. The zero-order chi connectivity index (χ0) is 24.5. The van der Waals surface area contributed by atoms with Gasteiger partial charge in [0.05, 0.1) is 6.61 Å². The van der Waals surface area contributed by atoms with Crippen LogP contribution in [0.15, 0.2) is 54.6 Å². The molecule has 0 unspecified atom stereocenters. The van der Waals surface area contributed by atoms with E-state index in [1.807, 2.05) is 62.4 Å². The number of nitrogens with one attached hydrogen (secondary N) is 4. The molecule has 0 saturated heterocycles. The molecule has 7 nitrogen and oxygen atoms in total. The van der Waals surface area contributed by atoms with Gasteiger partial charge in [-0.05, 0) is 54.7 Å². The Morgan fingerprint density at radius 3 is 2.35 bits per heavy atom. The molecule has 2 amide bonds. The maximum Gasteiger partial charge on any atom is 0.268 e. The summed E-state index contributed by atoms with van der Waals surface area (Å²) in [6, 6.07) is 16.7. The Bertz CT molecular complexity index is 1040. The van der Waals surface area contributed by atoms with E-state index in [-0.39, 0.29) is 17.7 Å². The Kier molecular flexibility index (Phi) is 8.96. The summed E-state index contributed by atoms with van der Waals surface area (Å²) in [6.07, 6.45) is 0.559. The van der Waals surface area contributed by atoms with Crippen LogP contribution in [0.5, 0.6) is 5.75 Å². The van der Waals surface area contributed by atoms with Crippen molar-refractivity contribution in [2.75, 3.05) is 25.0 Å². The number of hydrogen-bond acceptors (Lipinski definition) is 4. The lowest BCUT2D eigenvalue weighted by atomic mass is 10.0. The Morgan fingerprint density at radius 1 is 0.941 bits per heavy atom. The lowest BCUT2D eigenvalue weighted by Crippen LogP contribution is -2.48. The van der Waals surface area contributed by atoms with Gasteiger partial charge in [-0.15, -0.1) is 0 Å². The van der Waals surface area contributed by atoms with Gasteiger partial charge in [0.15, 0.2) is 0 Å². The molecule has 3 rings (SSSR count). The van der Waals surface area contributed by atoms with Gasteiger partial charge in [-0.25, -0.2) is 0 Å². The van der Waals surface area contributed by atoms with Crippen LogP contribution in [0.4, 0.5) is 5.69 Å². The fraction of sp³-hybridized carbons (Fsp3) is 0.407. The van der Waals surface area contributed by atoms with Crippen LogP contribution in [0.3, 0.4) is 0 Å². The number of carbonyl (C=O) groups excluding carboxylic acids is 2. The summed E-state index contributed by atoms with van der Waals surface area (Å²) >= 11 is 0. The lowest BCUT2D eigenvalue weighted by molar-refractivity contribution is -0.123. The van der Waals surface area contributed by atoms with Crippen molar-refractivity contribution in [3.63, 3.8) is 0 Å². The molecule has 0 bridgehead atoms. The number of aromatic nitrogens is 1. The molecule has 1 atom stereocenters. The number of carbonyl (C=O) groups is 2. The molecule has 0 radical (unpaired) electrons. The highest BCUT2D eigenvalue weighted by atomic mass is 16.5. The van der Waals surface area contributed by atoms with E-state index in [0.29, 0.717) is 37.7 Å². The number of anilines is 1. The van der Waals surface area contributed by atoms with Gasteiger partial charge in [0.1, 0.15) is 17.5 Å². The third-order valence-electron chi connectivity index (χ3n) is 5.29. The van der Waals surface area contributed by atoms with Gasteiger partial charge in [-0.3, -0.25) is 9.59 Å². The molecule has 34 heavy (non-hydrogen) atoms. The number of amides is 2. The molecule has 7 heteroatoms. The van der Waals surface area contributed by atoms with Crippen LogP contribution in [0.25, 0.3) is 10.9 Å². The Balaban J connectivity index is 1.48. The number of rotatable bonds is 12. The largest absolute Gasteiger partial charge is 0.493 e. The smallest absolute Gasteiger partial charge is 0.268 e. The van der Waals surface area contributed by atoms with Crippen LogP contribution in [0, 0.1) is 11.8 Å². The molecule has 0 saturated carbocycles. The lowest BCUT2D eigenvalue weighted by Gasteiger charge is -2.20. The average Bonchev–Trinajstić information content (AvgIpc) is 3.25. The van der Waals surface area contributed by atoms with E-state index in [2.05, 4.69) is 34.8 Å². The maximum atomic E-state index is 12.8. The molecule has 4 N–H and O–H groups in total. The highest BCUT2D eigenvalue weighted by molar-refractivity contribution is 6.00. The molecule has 2 aromatic carbocycles. The molecular formula is C27H36N4O3. The van der Waals surface area contributed by atoms with Gasteiger partial charge in [-0.1, -0.05) is 45.9 Å². The number of ether oxygens (including phenoxy) is 1. The van der Waals surface area contributed by atoms with Crippen molar-refractivity contribution in [1.82, 2.24) is 15.6 Å². The first-order chi connectivity index (χ1) is 16.3. The van der Waals surface area contributed by atoms with Gasteiger partial charge in [0.25, 0.3) is 5.91 Å². The summed E-state index contributed by atoms with van der Waals surface area (Å²) in [5.74, 6) is 1.11. The second-order valence-corrected chi connectivity index (χ2v) is 9.37. The van der Waals surface area contributed by atoms with Crippen molar-refractivity contribution >= 4 is 28.4 Å². The first-order valence-corrected chi connectivity index (χ1v) is 11.9.